The molecule has 0 saturated heterocycles. The smallest absolute Gasteiger partial charge is 0.382 e. The van der Waals surface area contributed by atoms with Gasteiger partial charge in [-0.05, 0) is 17.7 Å². The Labute approximate surface area is 118 Å². The van der Waals surface area contributed by atoms with Crippen LogP contribution in [-0.4, -0.2) is 35.7 Å². The lowest BCUT2D eigenvalue weighted by Gasteiger charge is -2.11. The van der Waals surface area contributed by atoms with Gasteiger partial charge < -0.3 is 21.5 Å². The van der Waals surface area contributed by atoms with E-state index in [1.54, 1.807) is 11.4 Å². The molecule has 0 aliphatic heterocycles. The van der Waals surface area contributed by atoms with Gasteiger partial charge in [0.25, 0.3) is 0 Å². The van der Waals surface area contributed by atoms with Crippen molar-refractivity contribution in [1.29, 1.82) is 0 Å². The second kappa shape index (κ2) is 7.04. The summed E-state index contributed by atoms with van der Waals surface area (Å²) in [5.74, 6) is -2.94. The molecule has 5 N–H and O–H groups in total. The number of halogens is 3. The minimum Gasteiger partial charge on any atom is -0.382 e. The van der Waals surface area contributed by atoms with Gasteiger partial charge in [-0.3, -0.25) is 9.59 Å². The van der Waals surface area contributed by atoms with Crippen LogP contribution in [0.25, 0.3) is 0 Å². The van der Waals surface area contributed by atoms with Gasteiger partial charge in [0.2, 0.25) is 5.91 Å². The summed E-state index contributed by atoms with van der Waals surface area (Å²) in [6, 6.07) is 5.72. The van der Waals surface area contributed by atoms with Gasteiger partial charge in [-0.2, -0.15) is 13.2 Å². The molecule has 0 fully saturated rings. The van der Waals surface area contributed by atoms with E-state index in [0.29, 0.717) is 5.56 Å². The van der Waals surface area contributed by atoms with Crippen LogP contribution in [0.3, 0.4) is 0 Å². The number of rotatable bonds is 6. The molecular formula is C12H14F3N3O3. The number of primary amides is 1. The van der Waals surface area contributed by atoms with Gasteiger partial charge in [-0.1, -0.05) is 12.1 Å². The van der Waals surface area contributed by atoms with E-state index < -0.39 is 24.1 Å². The highest BCUT2D eigenvalue weighted by molar-refractivity contribution is 5.94. The van der Waals surface area contributed by atoms with E-state index in [2.05, 4.69) is 5.32 Å². The molecule has 1 aromatic carbocycles. The lowest BCUT2D eigenvalue weighted by molar-refractivity contribution is -0.167. The third kappa shape index (κ3) is 5.79. The number of alkyl halides is 3. The summed E-state index contributed by atoms with van der Waals surface area (Å²) in [5, 5.41) is 13.6. The molecule has 21 heavy (non-hydrogen) atoms. The highest BCUT2D eigenvalue weighted by atomic mass is 19.4. The zero-order chi connectivity index (χ0) is 16.0. The number of aliphatic hydroxyl groups excluding tert-OH is 1. The number of carbonyl (C=O) groups is 2. The average Bonchev–Trinajstić information content (AvgIpc) is 2.37. The van der Waals surface area contributed by atoms with Crippen LogP contribution in [0.2, 0.25) is 0 Å². The van der Waals surface area contributed by atoms with E-state index in [-0.39, 0.29) is 18.8 Å². The summed E-state index contributed by atoms with van der Waals surface area (Å²) in [4.78, 5) is 21.4. The Hall–Kier alpha value is -2.13. The van der Waals surface area contributed by atoms with E-state index in [1.807, 2.05) is 0 Å². The lowest BCUT2D eigenvalue weighted by Crippen LogP contribution is -2.37. The Morgan fingerprint density at radius 1 is 1.33 bits per heavy atom. The van der Waals surface area contributed by atoms with Crippen molar-refractivity contribution >= 4 is 17.5 Å². The van der Waals surface area contributed by atoms with Crippen LogP contribution in [0.4, 0.5) is 18.9 Å². The molecule has 1 atom stereocenters. The normalized spacial score (nSPS) is 12.8. The molecule has 0 bridgehead atoms. The molecule has 2 amide bonds. The maximum Gasteiger partial charge on any atom is 0.471 e. The molecule has 9 heteroatoms. The number of hydrogen-bond acceptors (Lipinski definition) is 4. The van der Waals surface area contributed by atoms with Gasteiger partial charge in [0.05, 0.1) is 0 Å². The van der Waals surface area contributed by atoms with Crippen molar-refractivity contribution in [2.24, 2.45) is 5.73 Å². The second-order valence-corrected chi connectivity index (χ2v) is 4.20. The summed E-state index contributed by atoms with van der Waals surface area (Å²) in [6.45, 7) is 0.0918. The van der Waals surface area contributed by atoms with Crippen LogP contribution in [0, 0.1) is 0 Å². The zero-order valence-electron chi connectivity index (χ0n) is 10.8. The van der Waals surface area contributed by atoms with Gasteiger partial charge in [0.15, 0.2) is 0 Å². The van der Waals surface area contributed by atoms with Gasteiger partial charge >= 0.3 is 12.1 Å². The minimum atomic E-state index is -4.96. The number of anilines is 1. The molecule has 0 aromatic heterocycles. The van der Waals surface area contributed by atoms with E-state index in [4.69, 9.17) is 10.8 Å². The quantitative estimate of drug-likeness (QED) is 0.599. The molecule has 1 unspecified atom stereocenters. The van der Waals surface area contributed by atoms with Crippen molar-refractivity contribution in [1.82, 2.24) is 5.32 Å². The third-order valence-electron chi connectivity index (χ3n) is 2.44. The number of benzene rings is 1. The fourth-order valence-electron chi connectivity index (χ4n) is 1.41. The van der Waals surface area contributed by atoms with Crippen LogP contribution >= 0.6 is 0 Å². The first-order chi connectivity index (χ1) is 9.70. The number of hydrogen-bond donors (Lipinski definition) is 4. The van der Waals surface area contributed by atoms with Gasteiger partial charge in [-0.25, -0.2) is 0 Å². The molecular weight excluding hydrogens is 291 g/mol. The van der Waals surface area contributed by atoms with Gasteiger partial charge in [-0.15, -0.1) is 0 Å². The Balaban J connectivity index is 2.57. The maximum absolute atomic E-state index is 12.1. The highest BCUT2D eigenvalue weighted by Gasteiger charge is 2.38. The largest absolute Gasteiger partial charge is 0.471 e. The molecule has 1 rings (SSSR count). The van der Waals surface area contributed by atoms with Crippen molar-refractivity contribution in [3.05, 3.63) is 29.8 Å². The molecule has 0 heterocycles. The van der Waals surface area contributed by atoms with Crippen LogP contribution in [0.5, 0.6) is 0 Å². The number of amides is 2. The lowest BCUT2D eigenvalue weighted by atomic mass is 10.2. The molecule has 0 aliphatic rings. The van der Waals surface area contributed by atoms with E-state index in [9.17, 15) is 22.8 Å². The minimum absolute atomic E-state index is 0.00734. The number of carbonyl (C=O) groups excluding carboxylic acids is 2. The fraction of sp³-hybridized carbons (Fsp3) is 0.333. The van der Waals surface area contributed by atoms with Gasteiger partial charge in [0.1, 0.15) is 6.10 Å². The predicted molar refractivity (Wildman–Crippen MR) is 68.0 cm³/mol. The first kappa shape index (κ1) is 16.9. The van der Waals surface area contributed by atoms with Crippen molar-refractivity contribution in [3.8, 4) is 0 Å². The average molecular weight is 305 g/mol. The highest BCUT2D eigenvalue weighted by Crippen LogP contribution is 2.18. The third-order valence-corrected chi connectivity index (χ3v) is 2.44. The van der Waals surface area contributed by atoms with Crippen LogP contribution in [0.15, 0.2) is 24.3 Å². The maximum atomic E-state index is 12.1. The topological polar surface area (TPSA) is 104 Å². The van der Waals surface area contributed by atoms with Crippen molar-refractivity contribution < 1.29 is 27.9 Å². The summed E-state index contributed by atoms with van der Waals surface area (Å²) in [5.41, 5.74) is 5.41. The molecule has 0 aliphatic carbocycles. The van der Waals surface area contributed by atoms with Gasteiger partial charge in [0, 0.05) is 18.8 Å². The van der Waals surface area contributed by atoms with Crippen molar-refractivity contribution in [2.45, 2.75) is 18.8 Å². The van der Waals surface area contributed by atoms with Crippen LogP contribution in [-0.2, 0) is 16.1 Å². The standard InChI is InChI=1S/C12H14F3N3O3/c13-12(14,15)11(21)18-8-3-1-2-7(4-8)5-17-6-9(19)10(16)20/h1-4,9,17,19H,5-6H2,(H2,16,20)(H,18,21). The predicted octanol–water partition coefficient (Wildman–Crippen LogP) is 0.123. The van der Waals surface area contributed by atoms with Crippen LogP contribution in [0.1, 0.15) is 5.56 Å². The number of aliphatic hydroxyl groups is 1. The van der Waals surface area contributed by atoms with Crippen LogP contribution < -0.4 is 16.4 Å². The fourth-order valence-corrected chi connectivity index (χ4v) is 1.41. The second-order valence-electron chi connectivity index (χ2n) is 4.20. The summed E-state index contributed by atoms with van der Waals surface area (Å²) in [6.07, 6.45) is -6.31. The Kier molecular flexibility index (Phi) is 5.68. The molecule has 0 saturated carbocycles. The molecule has 0 spiro atoms. The molecule has 6 nitrogen and oxygen atoms in total. The Morgan fingerprint density at radius 3 is 2.57 bits per heavy atom. The number of nitrogens with one attached hydrogen (secondary N) is 2. The molecule has 1 aromatic rings. The first-order valence-electron chi connectivity index (χ1n) is 5.85. The first-order valence-corrected chi connectivity index (χ1v) is 5.85. The Bertz CT molecular complexity index is 520. The number of nitrogens with two attached hydrogens (primary N) is 1. The monoisotopic (exact) mass is 305 g/mol. The zero-order valence-corrected chi connectivity index (χ0v) is 10.8. The van der Waals surface area contributed by atoms with Crippen molar-refractivity contribution in [3.63, 3.8) is 0 Å². The molecule has 0 radical (unpaired) electrons. The summed E-state index contributed by atoms with van der Waals surface area (Å²) >= 11 is 0. The SMILES string of the molecule is NC(=O)C(O)CNCc1cccc(NC(=O)C(F)(F)F)c1. The van der Waals surface area contributed by atoms with E-state index >= 15 is 0 Å². The summed E-state index contributed by atoms with van der Waals surface area (Å²) in [7, 11) is 0. The Morgan fingerprint density at radius 2 is 2.00 bits per heavy atom. The van der Waals surface area contributed by atoms with Crippen molar-refractivity contribution in [2.75, 3.05) is 11.9 Å². The van der Waals surface area contributed by atoms with E-state index in [1.165, 1.54) is 18.2 Å². The summed E-state index contributed by atoms with van der Waals surface area (Å²) < 4.78 is 36.3. The van der Waals surface area contributed by atoms with E-state index in [0.717, 1.165) is 0 Å². The molecule has 116 valence electrons.